The number of ether oxygens (including phenoxy) is 1. The number of carbonyl (C=O) groups is 1. The molecule has 0 saturated heterocycles. The minimum absolute atomic E-state index is 0.00628. The number of hydrogen-bond donors (Lipinski definition) is 0. The van der Waals surface area contributed by atoms with Gasteiger partial charge in [-0.05, 0) is 19.1 Å². The van der Waals surface area contributed by atoms with Crippen LogP contribution in [0.25, 0.3) is 0 Å². The first-order valence-corrected chi connectivity index (χ1v) is 5.37. The van der Waals surface area contributed by atoms with E-state index in [1.54, 1.807) is 23.0 Å². The Hall–Kier alpha value is -2.10. The number of hydrogen-bond acceptors (Lipinski definition) is 3. The number of Topliss-reactive ketones (excluding diaryl/α,β-unsaturated/α-hetero) is 1. The molecular weight excluding hydrogens is 216 g/mol. The van der Waals surface area contributed by atoms with Gasteiger partial charge in [-0.15, -0.1) is 0 Å². The molecule has 0 aliphatic heterocycles. The Labute approximate surface area is 99.8 Å². The van der Waals surface area contributed by atoms with Crippen molar-refractivity contribution >= 4 is 5.78 Å². The van der Waals surface area contributed by atoms with Gasteiger partial charge in [0.25, 0.3) is 0 Å². The van der Waals surface area contributed by atoms with Crippen molar-refractivity contribution < 1.29 is 9.53 Å². The third-order valence-corrected chi connectivity index (χ3v) is 2.42. The third kappa shape index (κ3) is 2.72. The van der Waals surface area contributed by atoms with Crippen molar-refractivity contribution in [3.8, 4) is 5.75 Å². The summed E-state index contributed by atoms with van der Waals surface area (Å²) >= 11 is 0. The van der Waals surface area contributed by atoms with E-state index in [1.165, 1.54) is 6.92 Å². The van der Waals surface area contributed by atoms with E-state index in [0.717, 1.165) is 5.56 Å². The molecule has 0 amide bonds. The van der Waals surface area contributed by atoms with Crippen molar-refractivity contribution in [1.29, 1.82) is 0 Å². The van der Waals surface area contributed by atoms with Crippen LogP contribution in [0.15, 0.2) is 36.7 Å². The van der Waals surface area contributed by atoms with Crippen LogP contribution in [0.2, 0.25) is 0 Å². The molecule has 0 saturated carbocycles. The second kappa shape index (κ2) is 4.82. The molecule has 0 atom stereocenters. The van der Waals surface area contributed by atoms with E-state index in [2.05, 4.69) is 5.10 Å². The van der Waals surface area contributed by atoms with Crippen LogP contribution in [0.1, 0.15) is 22.8 Å². The summed E-state index contributed by atoms with van der Waals surface area (Å²) in [6, 6.07) is 7.24. The van der Waals surface area contributed by atoms with Crippen molar-refractivity contribution in [2.45, 2.75) is 13.5 Å². The summed E-state index contributed by atoms with van der Waals surface area (Å²) in [5, 5.41) is 4.06. The first kappa shape index (κ1) is 11.4. The van der Waals surface area contributed by atoms with E-state index in [0.29, 0.717) is 17.9 Å². The van der Waals surface area contributed by atoms with Crippen molar-refractivity contribution in [1.82, 2.24) is 9.78 Å². The van der Waals surface area contributed by atoms with Crippen molar-refractivity contribution in [2.75, 3.05) is 0 Å². The molecule has 4 heteroatoms. The fourth-order valence-corrected chi connectivity index (χ4v) is 1.59. The number of para-hydroxylation sites is 1. The molecule has 1 aromatic heterocycles. The molecule has 2 aromatic rings. The van der Waals surface area contributed by atoms with Crippen molar-refractivity contribution in [3.05, 3.63) is 47.8 Å². The van der Waals surface area contributed by atoms with Gasteiger partial charge < -0.3 is 4.74 Å². The van der Waals surface area contributed by atoms with Crippen LogP contribution in [0.3, 0.4) is 0 Å². The van der Waals surface area contributed by atoms with Gasteiger partial charge in [0.2, 0.25) is 0 Å². The molecule has 1 aromatic carbocycles. The Balaban J connectivity index is 2.11. The Kier molecular flexibility index (Phi) is 3.23. The average molecular weight is 230 g/mol. The molecule has 0 N–H and O–H groups in total. The number of rotatable bonds is 4. The first-order valence-electron chi connectivity index (χ1n) is 5.37. The molecule has 0 spiro atoms. The summed E-state index contributed by atoms with van der Waals surface area (Å²) < 4.78 is 7.34. The second-order valence-corrected chi connectivity index (χ2v) is 3.86. The summed E-state index contributed by atoms with van der Waals surface area (Å²) in [4.78, 5) is 11.4. The van der Waals surface area contributed by atoms with Gasteiger partial charge in [0.15, 0.2) is 5.78 Å². The minimum atomic E-state index is 0.00628. The quantitative estimate of drug-likeness (QED) is 0.756. The van der Waals surface area contributed by atoms with Crippen molar-refractivity contribution in [3.63, 3.8) is 0 Å². The van der Waals surface area contributed by atoms with Gasteiger partial charge in [-0.1, -0.05) is 12.1 Å². The zero-order valence-corrected chi connectivity index (χ0v) is 9.88. The van der Waals surface area contributed by atoms with E-state index in [-0.39, 0.29) is 5.78 Å². The van der Waals surface area contributed by atoms with Crippen LogP contribution < -0.4 is 4.74 Å². The highest BCUT2D eigenvalue weighted by atomic mass is 16.5. The number of aromatic nitrogens is 2. The second-order valence-electron chi connectivity index (χ2n) is 3.86. The van der Waals surface area contributed by atoms with Crippen LogP contribution in [-0.4, -0.2) is 15.6 Å². The summed E-state index contributed by atoms with van der Waals surface area (Å²) in [5.41, 5.74) is 1.59. The zero-order valence-electron chi connectivity index (χ0n) is 9.88. The maximum absolute atomic E-state index is 11.4. The number of nitrogens with zero attached hydrogens (tertiary/aromatic N) is 2. The summed E-state index contributed by atoms with van der Waals surface area (Å²) in [7, 11) is 1.85. The highest BCUT2D eigenvalue weighted by Gasteiger charge is 2.07. The molecule has 0 unspecified atom stereocenters. The van der Waals surface area contributed by atoms with E-state index in [9.17, 15) is 4.79 Å². The monoisotopic (exact) mass is 230 g/mol. The molecule has 4 nitrogen and oxygen atoms in total. The highest BCUT2D eigenvalue weighted by molar-refractivity contribution is 5.96. The minimum Gasteiger partial charge on any atom is -0.488 e. The fourth-order valence-electron chi connectivity index (χ4n) is 1.59. The van der Waals surface area contributed by atoms with Crippen LogP contribution >= 0.6 is 0 Å². The molecule has 2 rings (SSSR count). The average Bonchev–Trinajstić information content (AvgIpc) is 2.73. The molecule has 88 valence electrons. The molecule has 1 heterocycles. The largest absolute Gasteiger partial charge is 0.488 e. The first-order chi connectivity index (χ1) is 8.16. The SMILES string of the molecule is CC(=O)c1ccccc1OCc1cnn(C)c1. The lowest BCUT2D eigenvalue weighted by molar-refractivity contribution is 0.101. The van der Waals surface area contributed by atoms with Gasteiger partial charge in [-0.2, -0.15) is 5.10 Å². The van der Waals surface area contributed by atoms with E-state index < -0.39 is 0 Å². The van der Waals surface area contributed by atoms with Crippen LogP contribution in [-0.2, 0) is 13.7 Å². The van der Waals surface area contributed by atoms with Gasteiger partial charge in [-0.3, -0.25) is 9.48 Å². The molecule has 0 aliphatic rings. The van der Waals surface area contributed by atoms with Crippen molar-refractivity contribution in [2.24, 2.45) is 7.05 Å². The van der Waals surface area contributed by atoms with E-state index in [1.807, 2.05) is 25.4 Å². The summed E-state index contributed by atoms with van der Waals surface area (Å²) in [5.74, 6) is 0.621. The van der Waals surface area contributed by atoms with Gasteiger partial charge >= 0.3 is 0 Å². The van der Waals surface area contributed by atoms with Crippen LogP contribution in [0, 0.1) is 0 Å². The molecule has 0 aliphatic carbocycles. The van der Waals surface area contributed by atoms with Crippen LogP contribution in [0.4, 0.5) is 0 Å². The number of carbonyl (C=O) groups excluding carboxylic acids is 1. The maximum atomic E-state index is 11.4. The zero-order chi connectivity index (χ0) is 12.3. The molecule has 0 bridgehead atoms. The molecule has 0 radical (unpaired) electrons. The Morgan fingerprint density at radius 1 is 1.41 bits per heavy atom. The van der Waals surface area contributed by atoms with Crippen LogP contribution in [0.5, 0.6) is 5.75 Å². The maximum Gasteiger partial charge on any atom is 0.163 e. The fraction of sp³-hybridized carbons (Fsp3) is 0.231. The normalized spacial score (nSPS) is 10.2. The summed E-state index contributed by atoms with van der Waals surface area (Å²) in [6.45, 7) is 1.95. The van der Waals surface area contributed by atoms with Gasteiger partial charge in [0, 0.05) is 18.8 Å². The Morgan fingerprint density at radius 3 is 2.82 bits per heavy atom. The topological polar surface area (TPSA) is 44.1 Å². The van der Waals surface area contributed by atoms with Gasteiger partial charge in [0.1, 0.15) is 12.4 Å². The number of benzene rings is 1. The molecule has 0 fully saturated rings. The highest BCUT2D eigenvalue weighted by Crippen LogP contribution is 2.19. The Bertz CT molecular complexity index is 532. The standard InChI is InChI=1S/C13H14N2O2/c1-10(16)12-5-3-4-6-13(12)17-9-11-7-14-15(2)8-11/h3-8H,9H2,1-2H3. The predicted molar refractivity (Wildman–Crippen MR) is 64.0 cm³/mol. The van der Waals surface area contributed by atoms with Gasteiger partial charge in [0.05, 0.1) is 11.8 Å². The number of aryl methyl sites for hydroxylation is 1. The van der Waals surface area contributed by atoms with E-state index in [4.69, 9.17) is 4.74 Å². The Morgan fingerprint density at radius 2 is 2.18 bits per heavy atom. The predicted octanol–water partition coefficient (Wildman–Crippen LogP) is 2.20. The lowest BCUT2D eigenvalue weighted by Crippen LogP contribution is -2.00. The lowest BCUT2D eigenvalue weighted by atomic mass is 10.1. The molecule has 17 heavy (non-hydrogen) atoms. The summed E-state index contributed by atoms with van der Waals surface area (Å²) in [6.07, 6.45) is 3.63. The lowest BCUT2D eigenvalue weighted by Gasteiger charge is -2.08. The van der Waals surface area contributed by atoms with Gasteiger partial charge in [-0.25, -0.2) is 0 Å². The van der Waals surface area contributed by atoms with E-state index >= 15 is 0 Å². The molecular formula is C13H14N2O2. The third-order valence-electron chi connectivity index (χ3n) is 2.42. The smallest absolute Gasteiger partial charge is 0.163 e. The number of ketones is 1.